The second kappa shape index (κ2) is 11.8. The lowest BCUT2D eigenvalue weighted by molar-refractivity contribution is -0.107. The Labute approximate surface area is 202 Å². The van der Waals surface area contributed by atoms with Gasteiger partial charge in [0.05, 0.1) is 22.1 Å². The van der Waals surface area contributed by atoms with Crippen molar-refractivity contribution in [2.24, 2.45) is 0 Å². The van der Waals surface area contributed by atoms with Crippen molar-refractivity contribution < 1.29 is 18.0 Å². The van der Waals surface area contributed by atoms with Crippen molar-refractivity contribution in [3.8, 4) is 0 Å². The van der Waals surface area contributed by atoms with Gasteiger partial charge in [-0.25, -0.2) is 22.9 Å². The molecule has 2 amide bonds. The molecule has 2 aromatic carbocycles. The average Bonchev–Trinajstić information content (AvgIpc) is 2.81. The van der Waals surface area contributed by atoms with Gasteiger partial charge >= 0.3 is 6.03 Å². The van der Waals surface area contributed by atoms with E-state index in [0.717, 1.165) is 44.0 Å². The van der Waals surface area contributed by atoms with E-state index in [2.05, 4.69) is 15.3 Å². The zero-order valence-corrected chi connectivity index (χ0v) is 19.9. The summed E-state index contributed by atoms with van der Waals surface area (Å²) in [4.78, 5) is 39.9. The van der Waals surface area contributed by atoms with Crippen molar-refractivity contribution in [3.05, 3.63) is 69.7 Å². The van der Waals surface area contributed by atoms with Crippen LogP contribution in [0.3, 0.4) is 0 Å². The molecule has 0 spiro atoms. The SMILES string of the molecule is O=CCc1ccc(S(=O)(=O)NC(=O)NC2CCCCC2)cc1.O=c1[nH]cnc2ccc(Cl)cc12. The number of carbonyl (C=O) groups excluding carboxylic acids is 2. The Bertz CT molecular complexity index is 1300. The Morgan fingerprint density at radius 2 is 1.82 bits per heavy atom. The molecule has 1 aliphatic carbocycles. The Balaban J connectivity index is 0.000000226. The monoisotopic (exact) mass is 504 g/mol. The van der Waals surface area contributed by atoms with E-state index in [1.807, 2.05) is 4.72 Å². The molecule has 1 aliphatic rings. The Morgan fingerprint density at radius 3 is 2.50 bits per heavy atom. The molecule has 11 heteroatoms. The summed E-state index contributed by atoms with van der Waals surface area (Å²) >= 11 is 5.71. The van der Waals surface area contributed by atoms with E-state index < -0.39 is 16.1 Å². The minimum absolute atomic E-state index is 0.000873. The zero-order chi connectivity index (χ0) is 24.6. The van der Waals surface area contributed by atoms with Crippen molar-refractivity contribution in [1.82, 2.24) is 20.0 Å². The smallest absolute Gasteiger partial charge is 0.328 e. The Hall–Kier alpha value is -3.24. The number of amides is 2. The molecule has 1 fully saturated rings. The van der Waals surface area contributed by atoms with Gasteiger partial charge in [-0.15, -0.1) is 0 Å². The number of sulfonamides is 1. The van der Waals surface area contributed by atoms with Crippen LogP contribution >= 0.6 is 11.6 Å². The summed E-state index contributed by atoms with van der Waals surface area (Å²) in [5.74, 6) is 0. The first-order valence-corrected chi connectivity index (χ1v) is 12.6. The van der Waals surface area contributed by atoms with Crippen LogP contribution in [-0.2, 0) is 21.2 Å². The summed E-state index contributed by atoms with van der Waals surface area (Å²) in [7, 11) is -3.89. The normalized spacial score (nSPS) is 14.0. The first-order chi connectivity index (χ1) is 16.3. The van der Waals surface area contributed by atoms with Gasteiger partial charge in [-0.3, -0.25) is 4.79 Å². The van der Waals surface area contributed by atoms with Crippen molar-refractivity contribution in [2.75, 3.05) is 0 Å². The van der Waals surface area contributed by atoms with Gasteiger partial charge in [-0.1, -0.05) is 43.0 Å². The minimum Gasteiger partial charge on any atom is -0.335 e. The van der Waals surface area contributed by atoms with Crippen LogP contribution in [0.1, 0.15) is 37.7 Å². The topological polar surface area (TPSA) is 138 Å². The first-order valence-electron chi connectivity index (χ1n) is 10.8. The summed E-state index contributed by atoms with van der Waals surface area (Å²) in [6.45, 7) is 0. The van der Waals surface area contributed by atoms with Crippen molar-refractivity contribution in [2.45, 2.75) is 49.5 Å². The van der Waals surface area contributed by atoms with Gasteiger partial charge in [0.2, 0.25) is 0 Å². The third-order valence-electron chi connectivity index (χ3n) is 5.32. The van der Waals surface area contributed by atoms with E-state index in [1.165, 1.54) is 18.5 Å². The lowest BCUT2D eigenvalue weighted by atomic mass is 9.96. The van der Waals surface area contributed by atoms with Crippen LogP contribution in [0.15, 0.2) is 58.5 Å². The van der Waals surface area contributed by atoms with Gasteiger partial charge < -0.3 is 15.1 Å². The second-order valence-electron chi connectivity index (χ2n) is 7.82. The van der Waals surface area contributed by atoms with Crippen LogP contribution < -0.4 is 15.6 Å². The molecular weight excluding hydrogens is 480 g/mol. The average molecular weight is 505 g/mol. The number of aldehydes is 1. The van der Waals surface area contributed by atoms with Crippen LogP contribution in [0, 0.1) is 0 Å². The zero-order valence-electron chi connectivity index (χ0n) is 18.3. The molecule has 9 nitrogen and oxygen atoms in total. The van der Waals surface area contributed by atoms with Crippen molar-refractivity contribution in [1.29, 1.82) is 0 Å². The third kappa shape index (κ3) is 7.13. The molecule has 3 aromatic rings. The number of H-pyrrole nitrogens is 1. The highest BCUT2D eigenvalue weighted by Gasteiger charge is 2.21. The fraction of sp³-hybridized carbons (Fsp3) is 0.304. The molecule has 34 heavy (non-hydrogen) atoms. The minimum atomic E-state index is -3.89. The van der Waals surface area contributed by atoms with Crippen LogP contribution in [0.25, 0.3) is 10.9 Å². The lowest BCUT2D eigenvalue weighted by Crippen LogP contribution is -2.45. The first kappa shape index (κ1) is 25.4. The predicted molar refractivity (Wildman–Crippen MR) is 129 cm³/mol. The molecule has 0 aliphatic heterocycles. The number of nitrogens with zero attached hydrogens (tertiary/aromatic N) is 1. The molecular formula is C23H25ClN4O5S. The maximum atomic E-state index is 12.1. The largest absolute Gasteiger partial charge is 0.335 e. The maximum Gasteiger partial charge on any atom is 0.328 e. The molecule has 0 unspecified atom stereocenters. The van der Waals surface area contributed by atoms with Gasteiger partial charge in [0.1, 0.15) is 6.29 Å². The molecule has 4 rings (SSSR count). The predicted octanol–water partition coefficient (Wildman–Crippen LogP) is 3.33. The van der Waals surface area contributed by atoms with E-state index in [1.54, 1.807) is 30.3 Å². The molecule has 180 valence electrons. The molecule has 0 bridgehead atoms. The standard InChI is InChI=1S/C15H20N2O4S.C8H5ClN2O/c18-11-10-12-6-8-14(9-7-12)22(20,21)17-15(19)16-13-4-2-1-3-5-13;9-5-1-2-7-6(3-5)8(12)11-4-10-7/h6-9,11,13H,1-5,10H2,(H2,16,17,19);1-4H,(H,10,11,12). The van der Waals surface area contributed by atoms with Crippen LogP contribution in [0.4, 0.5) is 4.79 Å². The number of aromatic amines is 1. The highest BCUT2D eigenvalue weighted by molar-refractivity contribution is 7.90. The van der Waals surface area contributed by atoms with E-state index in [0.29, 0.717) is 15.9 Å². The van der Waals surface area contributed by atoms with Gasteiger partial charge in [-0.2, -0.15) is 0 Å². The highest BCUT2D eigenvalue weighted by atomic mass is 35.5. The fourth-order valence-electron chi connectivity index (χ4n) is 3.58. The number of benzene rings is 2. The van der Waals surface area contributed by atoms with Gasteiger partial charge in [-0.05, 0) is 48.7 Å². The summed E-state index contributed by atoms with van der Waals surface area (Å²) in [6, 6.07) is 10.3. The highest BCUT2D eigenvalue weighted by Crippen LogP contribution is 2.17. The number of urea groups is 1. The number of rotatable bonds is 5. The molecule has 3 N–H and O–H groups in total. The van der Waals surface area contributed by atoms with Crippen LogP contribution in [-0.4, -0.2) is 36.7 Å². The second-order valence-corrected chi connectivity index (χ2v) is 9.94. The maximum absolute atomic E-state index is 12.1. The molecule has 1 saturated carbocycles. The molecule has 1 heterocycles. The van der Waals surface area contributed by atoms with Gasteiger partial charge in [0.25, 0.3) is 15.6 Å². The molecule has 0 saturated heterocycles. The number of hydrogen-bond donors (Lipinski definition) is 3. The van der Waals surface area contributed by atoms with E-state index >= 15 is 0 Å². The number of aromatic nitrogens is 2. The summed E-state index contributed by atoms with van der Waals surface area (Å²) in [5.41, 5.74) is 1.21. The lowest BCUT2D eigenvalue weighted by Gasteiger charge is -2.22. The van der Waals surface area contributed by atoms with E-state index in [-0.39, 0.29) is 22.9 Å². The Morgan fingerprint density at radius 1 is 1.12 bits per heavy atom. The van der Waals surface area contributed by atoms with Crippen molar-refractivity contribution in [3.63, 3.8) is 0 Å². The third-order valence-corrected chi connectivity index (χ3v) is 6.90. The number of fused-ring (bicyclic) bond motifs is 1. The summed E-state index contributed by atoms with van der Waals surface area (Å²) in [6.07, 6.45) is 7.38. The molecule has 1 aromatic heterocycles. The van der Waals surface area contributed by atoms with Crippen LogP contribution in [0.2, 0.25) is 5.02 Å². The number of carbonyl (C=O) groups is 2. The van der Waals surface area contributed by atoms with Crippen LogP contribution in [0.5, 0.6) is 0 Å². The van der Waals surface area contributed by atoms with E-state index in [4.69, 9.17) is 11.6 Å². The van der Waals surface area contributed by atoms with Crippen molar-refractivity contribution >= 4 is 44.8 Å². The fourth-order valence-corrected chi connectivity index (χ4v) is 4.67. The summed E-state index contributed by atoms with van der Waals surface area (Å²) in [5, 5.41) is 3.76. The Kier molecular flexibility index (Phi) is 8.78. The number of hydrogen-bond acceptors (Lipinski definition) is 6. The quantitative estimate of drug-likeness (QED) is 0.455. The van der Waals surface area contributed by atoms with E-state index in [9.17, 15) is 22.8 Å². The number of halogens is 1. The van der Waals surface area contributed by atoms with Gasteiger partial charge in [0.15, 0.2) is 0 Å². The molecule has 0 atom stereocenters. The number of nitrogens with one attached hydrogen (secondary N) is 3. The van der Waals surface area contributed by atoms with Gasteiger partial charge in [0, 0.05) is 17.5 Å². The summed E-state index contributed by atoms with van der Waals surface area (Å²) < 4.78 is 26.2. The molecule has 0 radical (unpaired) electrons.